The van der Waals surface area contributed by atoms with Crippen LogP contribution in [0.25, 0.3) is 0 Å². The fourth-order valence-corrected chi connectivity index (χ4v) is 2.79. The number of carbonyl (C=O) groups is 2. The Morgan fingerprint density at radius 3 is 1.87 bits per heavy atom. The Kier molecular flexibility index (Phi) is 9.56. The van der Waals surface area contributed by atoms with Crippen molar-refractivity contribution in [1.82, 2.24) is 0 Å². The summed E-state index contributed by atoms with van der Waals surface area (Å²) in [6.07, 6.45) is 1.34. The summed E-state index contributed by atoms with van der Waals surface area (Å²) in [6.45, 7) is 11.9. The number of hydrogen-bond donors (Lipinski definition) is 0. The van der Waals surface area contributed by atoms with Crippen LogP contribution < -0.4 is 9.47 Å². The monoisotopic (exact) mass is 422 g/mol. The number of aryl methyl sites for hydroxylation is 2. The van der Waals surface area contributed by atoms with Crippen LogP contribution in [0.3, 0.4) is 0 Å². The molecule has 0 amide bonds. The van der Waals surface area contributed by atoms with Gasteiger partial charge in [-0.05, 0) is 61.1 Å². The van der Waals surface area contributed by atoms with E-state index in [-0.39, 0.29) is 31.4 Å². The number of carbonyl (C=O) groups excluding carboxylic acids is 2. The van der Waals surface area contributed by atoms with Gasteiger partial charge in [0.05, 0.1) is 6.42 Å². The lowest BCUT2D eigenvalue weighted by atomic mass is 10.1. The highest BCUT2D eigenvalue weighted by Gasteiger charge is 2.13. The second kappa shape index (κ2) is 12.4. The molecule has 31 heavy (non-hydrogen) atoms. The molecule has 5 heteroatoms. The van der Waals surface area contributed by atoms with Crippen molar-refractivity contribution in [2.24, 2.45) is 0 Å². The molecular weight excluding hydrogens is 392 g/mol. The van der Waals surface area contributed by atoms with Crippen molar-refractivity contribution in [2.75, 3.05) is 13.2 Å². The first kappa shape index (κ1) is 23.9. The van der Waals surface area contributed by atoms with Crippen LogP contribution in [0.4, 0.5) is 0 Å². The zero-order valence-corrected chi connectivity index (χ0v) is 18.3. The standard InChI is InChI=1S/C26H30O5/c1-19(2)17-29-23-11-7-5-9-21(23)14-16-26(28)31-24-12-8-6-10-22(24)13-15-25(27)30-18-20(3)4/h5-12H,1,3,13-18H2,2,4H3. The van der Waals surface area contributed by atoms with E-state index in [1.807, 2.05) is 43.3 Å². The van der Waals surface area contributed by atoms with E-state index in [9.17, 15) is 9.59 Å². The van der Waals surface area contributed by atoms with Gasteiger partial charge in [0.15, 0.2) is 0 Å². The van der Waals surface area contributed by atoms with Crippen LogP contribution in [0, 0.1) is 0 Å². The normalized spacial score (nSPS) is 10.3. The third-order valence-electron chi connectivity index (χ3n) is 4.32. The summed E-state index contributed by atoms with van der Waals surface area (Å²) in [5.41, 5.74) is 3.44. The van der Waals surface area contributed by atoms with Crippen LogP contribution >= 0.6 is 0 Å². The number of esters is 2. The molecule has 0 unspecified atom stereocenters. The first-order chi connectivity index (χ1) is 14.8. The molecule has 0 fully saturated rings. The Morgan fingerprint density at radius 1 is 0.742 bits per heavy atom. The van der Waals surface area contributed by atoms with Crippen LogP contribution in [0.5, 0.6) is 11.5 Å². The first-order valence-corrected chi connectivity index (χ1v) is 10.3. The smallest absolute Gasteiger partial charge is 0.311 e. The number of benzene rings is 2. The molecule has 0 radical (unpaired) electrons. The van der Waals surface area contributed by atoms with Crippen molar-refractivity contribution < 1.29 is 23.8 Å². The summed E-state index contributed by atoms with van der Waals surface area (Å²) in [6, 6.07) is 14.8. The van der Waals surface area contributed by atoms with Crippen molar-refractivity contribution in [3.8, 4) is 11.5 Å². The molecule has 0 saturated heterocycles. The molecule has 2 aromatic rings. The number of rotatable bonds is 12. The Balaban J connectivity index is 1.91. The maximum Gasteiger partial charge on any atom is 0.311 e. The predicted molar refractivity (Wildman–Crippen MR) is 121 cm³/mol. The molecular formula is C26H30O5. The predicted octanol–water partition coefficient (Wildman–Crippen LogP) is 5.23. The van der Waals surface area contributed by atoms with Gasteiger partial charge in [0, 0.05) is 6.42 Å². The van der Waals surface area contributed by atoms with Crippen molar-refractivity contribution in [1.29, 1.82) is 0 Å². The Hall–Kier alpha value is -3.34. The highest BCUT2D eigenvalue weighted by Crippen LogP contribution is 2.23. The maximum atomic E-state index is 12.5. The third-order valence-corrected chi connectivity index (χ3v) is 4.32. The summed E-state index contributed by atoms with van der Waals surface area (Å²) in [5, 5.41) is 0. The van der Waals surface area contributed by atoms with E-state index < -0.39 is 0 Å². The van der Waals surface area contributed by atoms with Gasteiger partial charge in [-0.15, -0.1) is 0 Å². The summed E-state index contributed by atoms with van der Waals surface area (Å²) in [4.78, 5) is 24.3. The van der Waals surface area contributed by atoms with E-state index in [4.69, 9.17) is 14.2 Å². The van der Waals surface area contributed by atoms with Crippen molar-refractivity contribution in [3.05, 3.63) is 84.0 Å². The summed E-state index contributed by atoms with van der Waals surface area (Å²) in [7, 11) is 0. The van der Waals surface area contributed by atoms with Gasteiger partial charge in [-0.1, -0.05) is 49.6 Å². The van der Waals surface area contributed by atoms with E-state index in [1.54, 1.807) is 19.1 Å². The van der Waals surface area contributed by atoms with Gasteiger partial charge in [0.25, 0.3) is 0 Å². The molecule has 0 N–H and O–H groups in total. The van der Waals surface area contributed by atoms with Crippen molar-refractivity contribution >= 4 is 11.9 Å². The third kappa shape index (κ3) is 8.91. The van der Waals surface area contributed by atoms with E-state index in [0.29, 0.717) is 25.2 Å². The first-order valence-electron chi connectivity index (χ1n) is 10.3. The molecule has 164 valence electrons. The highest BCUT2D eigenvalue weighted by molar-refractivity contribution is 5.73. The molecule has 0 bridgehead atoms. The molecule has 0 heterocycles. The number of hydrogen-bond acceptors (Lipinski definition) is 5. The average Bonchev–Trinajstić information content (AvgIpc) is 2.74. The van der Waals surface area contributed by atoms with Gasteiger partial charge in [0.1, 0.15) is 24.7 Å². The van der Waals surface area contributed by atoms with E-state index in [1.165, 1.54) is 0 Å². The van der Waals surface area contributed by atoms with Crippen LogP contribution in [0.1, 0.15) is 37.8 Å². The van der Waals surface area contributed by atoms with Crippen LogP contribution in [-0.4, -0.2) is 25.2 Å². The van der Waals surface area contributed by atoms with Gasteiger partial charge in [-0.25, -0.2) is 0 Å². The summed E-state index contributed by atoms with van der Waals surface area (Å²) >= 11 is 0. The Labute approximate surface area is 184 Å². The van der Waals surface area contributed by atoms with Gasteiger partial charge in [-0.2, -0.15) is 0 Å². The topological polar surface area (TPSA) is 61.8 Å². The van der Waals surface area contributed by atoms with Crippen molar-refractivity contribution in [3.63, 3.8) is 0 Å². The fourth-order valence-electron chi connectivity index (χ4n) is 2.79. The van der Waals surface area contributed by atoms with Gasteiger partial charge in [0.2, 0.25) is 0 Å². The Bertz CT molecular complexity index is 929. The van der Waals surface area contributed by atoms with Crippen molar-refractivity contribution in [2.45, 2.75) is 39.5 Å². The zero-order chi connectivity index (χ0) is 22.6. The molecule has 0 spiro atoms. The van der Waals surface area contributed by atoms with Crippen LogP contribution in [-0.2, 0) is 27.2 Å². The minimum Gasteiger partial charge on any atom is -0.489 e. The van der Waals surface area contributed by atoms with E-state index >= 15 is 0 Å². The molecule has 2 aromatic carbocycles. The minimum atomic E-state index is -0.341. The fraction of sp³-hybridized carbons (Fsp3) is 0.308. The molecule has 2 rings (SSSR count). The molecule has 5 nitrogen and oxygen atoms in total. The lowest BCUT2D eigenvalue weighted by Gasteiger charge is -2.12. The maximum absolute atomic E-state index is 12.5. The second-order valence-electron chi connectivity index (χ2n) is 7.55. The number of ether oxygens (including phenoxy) is 3. The lowest BCUT2D eigenvalue weighted by molar-refractivity contribution is -0.142. The van der Waals surface area contributed by atoms with E-state index in [2.05, 4.69) is 13.2 Å². The lowest BCUT2D eigenvalue weighted by Crippen LogP contribution is -2.12. The molecule has 0 aromatic heterocycles. The highest BCUT2D eigenvalue weighted by atomic mass is 16.5. The van der Waals surface area contributed by atoms with Gasteiger partial charge in [-0.3, -0.25) is 9.59 Å². The van der Waals surface area contributed by atoms with Gasteiger partial charge < -0.3 is 14.2 Å². The summed E-state index contributed by atoms with van der Waals surface area (Å²) < 4.78 is 16.4. The molecule has 0 atom stereocenters. The average molecular weight is 423 g/mol. The largest absolute Gasteiger partial charge is 0.489 e. The molecule has 0 saturated carbocycles. The minimum absolute atomic E-state index is 0.204. The number of para-hydroxylation sites is 2. The molecule has 0 aliphatic carbocycles. The van der Waals surface area contributed by atoms with E-state index in [0.717, 1.165) is 28.0 Å². The summed E-state index contributed by atoms with van der Waals surface area (Å²) in [5.74, 6) is 0.557. The van der Waals surface area contributed by atoms with Crippen LogP contribution in [0.2, 0.25) is 0 Å². The zero-order valence-electron chi connectivity index (χ0n) is 18.3. The molecule has 0 aliphatic heterocycles. The van der Waals surface area contributed by atoms with Crippen LogP contribution in [0.15, 0.2) is 72.8 Å². The Morgan fingerprint density at radius 2 is 1.26 bits per heavy atom. The van der Waals surface area contributed by atoms with Gasteiger partial charge >= 0.3 is 11.9 Å². The second-order valence-corrected chi connectivity index (χ2v) is 7.55. The quantitative estimate of drug-likeness (QED) is 0.266. The SMILES string of the molecule is C=C(C)COC(=O)CCc1ccccc1OC(=O)CCc1ccccc1OCC(=C)C. The molecule has 0 aliphatic rings.